The summed E-state index contributed by atoms with van der Waals surface area (Å²) < 4.78 is 0. The van der Waals surface area contributed by atoms with Gasteiger partial charge in [0.1, 0.15) is 0 Å². The van der Waals surface area contributed by atoms with Gasteiger partial charge in [0, 0.05) is 71.3 Å². The number of likely N-dealkylation sites (tertiary alicyclic amines) is 1. The molecule has 0 spiro atoms. The van der Waals surface area contributed by atoms with Crippen LogP contribution in [0.25, 0.3) is 0 Å². The second-order valence-electron chi connectivity index (χ2n) is 7.66. The van der Waals surface area contributed by atoms with Gasteiger partial charge in [-0.1, -0.05) is 6.92 Å². The van der Waals surface area contributed by atoms with Gasteiger partial charge in [-0.05, 0) is 38.2 Å². The van der Waals surface area contributed by atoms with Crippen molar-refractivity contribution in [1.29, 1.82) is 0 Å². The van der Waals surface area contributed by atoms with Gasteiger partial charge in [0.15, 0.2) is 5.96 Å². The normalized spacial score (nSPS) is 21.4. The number of anilines is 1. The third-order valence-electron chi connectivity index (χ3n) is 5.39. The molecule has 1 aromatic heterocycles. The van der Waals surface area contributed by atoms with Gasteiger partial charge in [-0.3, -0.25) is 9.89 Å². The molecule has 28 heavy (non-hydrogen) atoms. The maximum Gasteiger partial charge on any atom is 0.225 e. The molecule has 1 unspecified atom stereocenters. The van der Waals surface area contributed by atoms with Crippen LogP contribution in [0.3, 0.4) is 0 Å². The molecule has 0 aromatic carbocycles. The molecule has 3 heterocycles. The molecule has 2 fully saturated rings. The number of guanidine groups is 1. The summed E-state index contributed by atoms with van der Waals surface area (Å²) in [7, 11) is 0. The summed E-state index contributed by atoms with van der Waals surface area (Å²) in [4.78, 5) is 20.9. The van der Waals surface area contributed by atoms with Crippen LogP contribution >= 0.6 is 24.0 Å². The maximum atomic E-state index is 4.89. The lowest BCUT2D eigenvalue weighted by Gasteiger charge is -2.35. The minimum absolute atomic E-state index is 0. The Kier molecular flexibility index (Phi) is 10.3. The molecule has 1 aromatic rings. The molecule has 8 heteroatoms. The first kappa shape index (κ1) is 23.1. The van der Waals surface area contributed by atoms with Crippen LogP contribution in [0.2, 0.25) is 0 Å². The minimum atomic E-state index is 0. The van der Waals surface area contributed by atoms with Crippen molar-refractivity contribution in [3.8, 4) is 0 Å². The van der Waals surface area contributed by atoms with Gasteiger partial charge in [-0.2, -0.15) is 0 Å². The molecular weight excluding hydrogens is 465 g/mol. The second-order valence-corrected chi connectivity index (χ2v) is 7.66. The first-order chi connectivity index (χ1) is 13.3. The summed E-state index contributed by atoms with van der Waals surface area (Å²) in [6, 6.07) is 1.87. The van der Waals surface area contributed by atoms with E-state index in [2.05, 4.69) is 43.8 Å². The van der Waals surface area contributed by atoms with Crippen LogP contribution in [-0.2, 0) is 0 Å². The molecule has 7 nitrogen and oxygen atoms in total. The number of aromatic nitrogens is 2. The standard InChI is InChI=1S/C20H35N7.HI/c1-3-21-19(27-12-4-7-18(2)17-27)24-10-6-11-25-13-15-26(16-14-25)20-22-8-5-9-23-20;/h5,8-9,18H,3-4,6-7,10-17H2,1-2H3,(H,21,24);1H. The fraction of sp³-hybridized carbons (Fsp3) is 0.750. The van der Waals surface area contributed by atoms with Crippen LogP contribution in [0.15, 0.2) is 23.5 Å². The van der Waals surface area contributed by atoms with Crippen LogP contribution < -0.4 is 10.2 Å². The van der Waals surface area contributed by atoms with Gasteiger partial charge in [-0.15, -0.1) is 24.0 Å². The number of halogens is 1. The fourth-order valence-corrected chi connectivity index (χ4v) is 3.91. The highest BCUT2D eigenvalue weighted by molar-refractivity contribution is 14.0. The van der Waals surface area contributed by atoms with Crippen molar-refractivity contribution in [3.63, 3.8) is 0 Å². The zero-order valence-electron chi connectivity index (χ0n) is 17.4. The summed E-state index contributed by atoms with van der Waals surface area (Å²) in [5.74, 6) is 2.73. The Hall–Kier alpha value is -1.16. The van der Waals surface area contributed by atoms with E-state index in [-0.39, 0.29) is 24.0 Å². The van der Waals surface area contributed by atoms with E-state index in [1.54, 1.807) is 0 Å². The Morgan fingerprint density at radius 2 is 1.93 bits per heavy atom. The number of hydrogen-bond donors (Lipinski definition) is 1. The van der Waals surface area contributed by atoms with Crippen molar-refractivity contribution in [2.45, 2.75) is 33.1 Å². The van der Waals surface area contributed by atoms with E-state index in [4.69, 9.17) is 4.99 Å². The molecule has 0 saturated carbocycles. The van der Waals surface area contributed by atoms with E-state index in [9.17, 15) is 0 Å². The Labute approximate surface area is 187 Å². The summed E-state index contributed by atoms with van der Waals surface area (Å²) >= 11 is 0. The van der Waals surface area contributed by atoms with Gasteiger partial charge in [0.05, 0.1) is 0 Å². The van der Waals surface area contributed by atoms with Crippen molar-refractivity contribution in [3.05, 3.63) is 18.5 Å². The number of hydrogen-bond acceptors (Lipinski definition) is 5. The summed E-state index contributed by atoms with van der Waals surface area (Å²) in [5.41, 5.74) is 0. The zero-order valence-corrected chi connectivity index (χ0v) is 19.7. The van der Waals surface area contributed by atoms with Gasteiger partial charge in [0.2, 0.25) is 5.95 Å². The van der Waals surface area contributed by atoms with Crippen LogP contribution in [0, 0.1) is 5.92 Å². The van der Waals surface area contributed by atoms with E-state index in [0.29, 0.717) is 0 Å². The highest BCUT2D eigenvalue weighted by Crippen LogP contribution is 2.15. The highest BCUT2D eigenvalue weighted by atomic mass is 127. The predicted octanol–water partition coefficient (Wildman–Crippen LogP) is 2.30. The average Bonchev–Trinajstić information content (AvgIpc) is 2.71. The van der Waals surface area contributed by atoms with E-state index < -0.39 is 0 Å². The fourth-order valence-electron chi connectivity index (χ4n) is 3.91. The summed E-state index contributed by atoms with van der Waals surface area (Å²) in [6.45, 7) is 13.9. The van der Waals surface area contributed by atoms with Crippen LogP contribution in [-0.4, -0.2) is 84.6 Å². The van der Waals surface area contributed by atoms with Gasteiger partial charge < -0.3 is 15.1 Å². The van der Waals surface area contributed by atoms with Crippen molar-refractivity contribution in [2.75, 3.05) is 63.8 Å². The van der Waals surface area contributed by atoms with Crippen molar-refractivity contribution >= 4 is 35.9 Å². The molecule has 158 valence electrons. The number of aliphatic imine (C=N–C) groups is 1. The average molecular weight is 501 g/mol. The van der Waals surface area contributed by atoms with Crippen molar-refractivity contribution in [2.24, 2.45) is 10.9 Å². The lowest BCUT2D eigenvalue weighted by Crippen LogP contribution is -2.47. The van der Waals surface area contributed by atoms with Crippen LogP contribution in [0.1, 0.15) is 33.1 Å². The molecule has 2 saturated heterocycles. The van der Waals surface area contributed by atoms with E-state index in [1.807, 2.05) is 18.5 Å². The molecule has 0 bridgehead atoms. The Morgan fingerprint density at radius 3 is 2.61 bits per heavy atom. The van der Waals surface area contributed by atoms with Crippen LogP contribution in [0.4, 0.5) is 5.95 Å². The molecule has 0 amide bonds. The zero-order chi connectivity index (χ0) is 18.9. The Balaban J connectivity index is 0.00000280. The molecule has 0 radical (unpaired) electrons. The number of nitrogens with one attached hydrogen (secondary N) is 1. The minimum Gasteiger partial charge on any atom is -0.357 e. The van der Waals surface area contributed by atoms with Gasteiger partial charge >= 0.3 is 0 Å². The van der Waals surface area contributed by atoms with Gasteiger partial charge in [-0.25, -0.2) is 9.97 Å². The third kappa shape index (κ3) is 7.02. The maximum absolute atomic E-state index is 4.89. The smallest absolute Gasteiger partial charge is 0.225 e. The first-order valence-electron chi connectivity index (χ1n) is 10.5. The Bertz CT molecular complexity index is 575. The van der Waals surface area contributed by atoms with Crippen molar-refractivity contribution in [1.82, 2.24) is 25.1 Å². The molecule has 1 atom stereocenters. The number of nitrogens with zero attached hydrogens (tertiary/aromatic N) is 6. The van der Waals surface area contributed by atoms with E-state index >= 15 is 0 Å². The van der Waals surface area contributed by atoms with Crippen molar-refractivity contribution < 1.29 is 0 Å². The largest absolute Gasteiger partial charge is 0.357 e. The lowest BCUT2D eigenvalue weighted by atomic mass is 10.0. The second kappa shape index (κ2) is 12.4. The van der Waals surface area contributed by atoms with Gasteiger partial charge in [0.25, 0.3) is 0 Å². The van der Waals surface area contributed by atoms with E-state index in [0.717, 1.165) is 83.1 Å². The summed E-state index contributed by atoms with van der Waals surface area (Å²) in [5, 5.41) is 3.48. The lowest BCUT2D eigenvalue weighted by molar-refractivity contribution is 0.253. The SMILES string of the molecule is CCNC(=NCCCN1CCN(c2ncccn2)CC1)N1CCCC(C)C1.I. The molecular formula is C20H36IN7. The molecule has 0 aliphatic carbocycles. The first-order valence-corrected chi connectivity index (χ1v) is 10.5. The molecule has 1 N–H and O–H groups in total. The predicted molar refractivity (Wildman–Crippen MR) is 127 cm³/mol. The number of piperidine rings is 1. The Morgan fingerprint density at radius 1 is 1.18 bits per heavy atom. The molecule has 2 aliphatic rings. The topological polar surface area (TPSA) is 59.9 Å². The quantitative estimate of drug-likeness (QED) is 0.280. The molecule has 3 rings (SSSR count). The number of rotatable bonds is 6. The van der Waals surface area contributed by atoms with Crippen LogP contribution in [0.5, 0.6) is 0 Å². The summed E-state index contributed by atoms with van der Waals surface area (Å²) in [6.07, 6.45) is 7.37. The molecule has 2 aliphatic heterocycles. The third-order valence-corrected chi connectivity index (χ3v) is 5.39. The monoisotopic (exact) mass is 501 g/mol. The number of piperazine rings is 1. The highest BCUT2D eigenvalue weighted by Gasteiger charge is 2.20. The van der Waals surface area contributed by atoms with E-state index in [1.165, 1.54) is 12.8 Å².